The van der Waals surface area contributed by atoms with Crippen LogP contribution in [0.5, 0.6) is 0 Å². The van der Waals surface area contributed by atoms with E-state index in [0.29, 0.717) is 6.54 Å². The Morgan fingerprint density at radius 1 is 1.65 bits per heavy atom. The summed E-state index contributed by atoms with van der Waals surface area (Å²) < 4.78 is 0. The number of nitrogens with one attached hydrogen (secondary N) is 1. The summed E-state index contributed by atoms with van der Waals surface area (Å²) in [6, 6.07) is -0.785. The minimum absolute atomic E-state index is 0.106. The molecular weight excluding hydrogens is 242 g/mol. The van der Waals surface area contributed by atoms with Gasteiger partial charge in [-0.2, -0.15) is 0 Å². The first-order chi connectivity index (χ1) is 7.99. The highest BCUT2D eigenvalue weighted by atomic mass is 32.1. The summed E-state index contributed by atoms with van der Waals surface area (Å²) in [5.41, 5.74) is 5.54. The third-order valence-corrected chi connectivity index (χ3v) is 3.00. The van der Waals surface area contributed by atoms with Crippen LogP contribution in [0.3, 0.4) is 0 Å². The number of carboxylic acids is 1. The molecule has 0 aliphatic carbocycles. The van der Waals surface area contributed by atoms with Crippen molar-refractivity contribution in [2.75, 3.05) is 0 Å². The number of amides is 1. The maximum absolute atomic E-state index is 11.5. The number of hydrogen-bond donors (Lipinski definition) is 3. The van der Waals surface area contributed by atoms with Gasteiger partial charge in [-0.05, 0) is 13.3 Å². The molecule has 4 N–H and O–H groups in total. The molecule has 17 heavy (non-hydrogen) atoms. The van der Waals surface area contributed by atoms with Gasteiger partial charge in [0.1, 0.15) is 5.01 Å². The summed E-state index contributed by atoms with van der Waals surface area (Å²) in [5, 5.41) is 11.9. The number of rotatable bonds is 6. The van der Waals surface area contributed by atoms with E-state index in [-0.39, 0.29) is 18.7 Å². The third kappa shape index (κ3) is 4.92. The number of carbonyl (C=O) groups is 2. The van der Waals surface area contributed by atoms with Crippen molar-refractivity contribution in [3.8, 4) is 0 Å². The molecule has 1 heterocycles. The Balaban J connectivity index is 2.31. The lowest BCUT2D eigenvalue weighted by Crippen LogP contribution is -2.40. The van der Waals surface area contributed by atoms with Crippen LogP contribution in [0.2, 0.25) is 0 Å². The second-order valence-electron chi connectivity index (χ2n) is 3.62. The summed E-state index contributed by atoms with van der Waals surface area (Å²) >= 11 is 1.50. The maximum atomic E-state index is 11.5. The molecule has 0 aromatic carbocycles. The molecule has 0 radical (unpaired) electrons. The van der Waals surface area contributed by atoms with Crippen molar-refractivity contribution in [3.05, 3.63) is 16.1 Å². The fourth-order valence-corrected chi connectivity index (χ4v) is 1.91. The second kappa shape index (κ2) is 6.31. The normalized spacial score (nSPS) is 12.1. The molecule has 0 aliphatic rings. The molecule has 0 spiro atoms. The van der Waals surface area contributed by atoms with Crippen molar-refractivity contribution in [3.63, 3.8) is 0 Å². The van der Waals surface area contributed by atoms with E-state index in [1.165, 1.54) is 11.3 Å². The predicted octanol–water partition coefficient (Wildman–Crippen LogP) is 0.260. The highest BCUT2D eigenvalue weighted by Crippen LogP contribution is 2.10. The van der Waals surface area contributed by atoms with Gasteiger partial charge in [-0.15, -0.1) is 11.3 Å². The zero-order valence-corrected chi connectivity index (χ0v) is 10.3. The molecule has 0 fully saturated rings. The lowest BCUT2D eigenvalue weighted by atomic mass is 10.1. The minimum Gasteiger partial charge on any atom is -0.481 e. The van der Waals surface area contributed by atoms with Crippen LogP contribution in [-0.2, 0) is 16.1 Å². The van der Waals surface area contributed by atoms with E-state index in [4.69, 9.17) is 10.8 Å². The molecular formula is C10H15N3O3S. The lowest BCUT2D eigenvalue weighted by Gasteiger charge is -2.09. The second-order valence-corrected chi connectivity index (χ2v) is 4.94. The Bertz CT molecular complexity index is 405. The minimum atomic E-state index is -0.955. The zero-order valence-electron chi connectivity index (χ0n) is 9.47. The van der Waals surface area contributed by atoms with E-state index in [1.54, 1.807) is 6.20 Å². The number of hydrogen-bond acceptors (Lipinski definition) is 5. The van der Waals surface area contributed by atoms with Crippen molar-refractivity contribution in [1.82, 2.24) is 10.3 Å². The number of nitrogens with zero attached hydrogens (tertiary/aromatic N) is 1. The topological polar surface area (TPSA) is 105 Å². The van der Waals surface area contributed by atoms with Crippen LogP contribution >= 0.6 is 11.3 Å². The highest BCUT2D eigenvalue weighted by molar-refractivity contribution is 7.11. The molecule has 0 saturated heterocycles. The van der Waals surface area contributed by atoms with Crippen molar-refractivity contribution in [2.45, 2.75) is 32.4 Å². The number of aliphatic carboxylic acids is 1. The number of thiazole rings is 1. The van der Waals surface area contributed by atoms with E-state index < -0.39 is 12.0 Å². The van der Waals surface area contributed by atoms with Crippen LogP contribution in [0.1, 0.15) is 22.7 Å². The van der Waals surface area contributed by atoms with Crippen molar-refractivity contribution in [1.29, 1.82) is 0 Å². The fraction of sp³-hybridized carbons (Fsp3) is 0.500. The summed E-state index contributed by atoms with van der Waals surface area (Å²) in [5.74, 6) is -1.30. The van der Waals surface area contributed by atoms with Crippen LogP contribution in [0.25, 0.3) is 0 Å². The Labute approximate surface area is 103 Å². The van der Waals surface area contributed by atoms with Gasteiger partial charge in [0.2, 0.25) is 5.91 Å². The molecule has 0 aliphatic heterocycles. The van der Waals surface area contributed by atoms with Crippen LogP contribution in [0.15, 0.2) is 6.20 Å². The van der Waals surface area contributed by atoms with E-state index in [9.17, 15) is 9.59 Å². The van der Waals surface area contributed by atoms with Gasteiger partial charge in [0.25, 0.3) is 0 Å². The van der Waals surface area contributed by atoms with E-state index in [1.807, 2.05) is 6.92 Å². The molecule has 1 atom stereocenters. The smallest absolute Gasteiger partial charge is 0.303 e. The van der Waals surface area contributed by atoms with Gasteiger partial charge in [0, 0.05) is 17.5 Å². The number of aromatic nitrogens is 1. The lowest BCUT2D eigenvalue weighted by molar-refractivity contribution is -0.137. The van der Waals surface area contributed by atoms with Crippen LogP contribution in [-0.4, -0.2) is 28.0 Å². The maximum Gasteiger partial charge on any atom is 0.303 e. The highest BCUT2D eigenvalue weighted by Gasteiger charge is 2.14. The summed E-state index contributed by atoms with van der Waals surface area (Å²) in [4.78, 5) is 27.0. The Hall–Kier alpha value is -1.47. The van der Waals surface area contributed by atoms with Crippen molar-refractivity contribution in [2.24, 2.45) is 5.73 Å². The SMILES string of the molecule is Cc1cnc(CNC(=O)C(N)CCC(=O)O)s1. The first-order valence-corrected chi connectivity index (χ1v) is 5.97. The Morgan fingerprint density at radius 3 is 2.88 bits per heavy atom. The van der Waals surface area contributed by atoms with E-state index in [0.717, 1.165) is 9.88 Å². The summed E-state index contributed by atoms with van der Waals surface area (Å²) in [7, 11) is 0. The number of carboxylic acid groups (broad SMARTS) is 1. The van der Waals surface area contributed by atoms with E-state index in [2.05, 4.69) is 10.3 Å². The zero-order chi connectivity index (χ0) is 12.8. The van der Waals surface area contributed by atoms with Gasteiger partial charge in [-0.1, -0.05) is 0 Å². The number of aryl methyl sites for hydroxylation is 1. The molecule has 94 valence electrons. The van der Waals surface area contributed by atoms with Gasteiger partial charge in [-0.25, -0.2) is 4.98 Å². The van der Waals surface area contributed by atoms with Gasteiger partial charge < -0.3 is 16.2 Å². The average molecular weight is 257 g/mol. The van der Waals surface area contributed by atoms with Gasteiger partial charge >= 0.3 is 5.97 Å². The number of carbonyl (C=O) groups excluding carboxylic acids is 1. The van der Waals surface area contributed by atoms with Crippen LogP contribution < -0.4 is 11.1 Å². The third-order valence-electron chi connectivity index (χ3n) is 2.09. The predicted molar refractivity (Wildman–Crippen MR) is 63.5 cm³/mol. The molecule has 1 amide bonds. The largest absolute Gasteiger partial charge is 0.481 e. The van der Waals surface area contributed by atoms with Crippen LogP contribution in [0, 0.1) is 6.92 Å². The first kappa shape index (κ1) is 13.6. The molecule has 7 heteroatoms. The standard InChI is InChI=1S/C10H15N3O3S/c1-6-4-12-8(17-6)5-13-10(16)7(11)2-3-9(14)15/h4,7H,2-3,5,11H2,1H3,(H,13,16)(H,14,15). The Kier molecular flexibility index (Phi) is 5.05. The molecule has 1 unspecified atom stereocenters. The Morgan fingerprint density at radius 2 is 2.35 bits per heavy atom. The summed E-state index contributed by atoms with van der Waals surface area (Å²) in [6.45, 7) is 2.26. The van der Waals surface area contributed by atoms with Gasteiger partial charge in [-0.3, -0.25) is 9.59 Å². The fourth-order valence-electron chi connectivity index (χ4n) is 1.19. The van der Waals surface area contributed by atoms with Crippen LogP contribution in [0.4, 0.5) is 0 Å². The summed E-state index contributed by atoms with van der Waals surface area (Å²) in [6.07, 6.45) is 1.76. The van der Waals surface area contributed by atoms with Crippen molar-refractivity contribution >= 4 is 23.2 Å². The first-order valence-electron chi connectivity index (χ1n) is 5.15. The van der Waals surface area contributed by atoms with Crippen molar-refractivity contribution < 1.29 is 14.7 Å². The molecule has 1 aromatic heterocycles. The average Bonchev–Trinajstić information content (AvgIpc) is 2.68. The monoisotopic (exact) mass is 257 g/mol. The molecule has 1 rings (SSSR count). The molecule has 6 nitrogen and oxygen atoms in total. The van der Waals surface area contributed by atoms with E-state index >= 15 is 0 Å². The molecule has 1 aromatic rings. The quantitative estimate of drug-likeness (QED) is 0.678. The van der Waals surface area contributed by atoms with Gasteiger partial charge in [0.05, 0.1) is 12.6 Å². The van der Waals surface area contributed by atoms with Gasteiger partial charge in [0.15, 0.2) is 0 Å². The number of nitrogens with two attached hydrogens (primary N) is 1. The molecule has 0 bridgehead atoms. The molecule has 0 saturated carbocycles.